The van der Waals surface area contributed by atoms with E-state index >= 15 is 0 Å². The Morgan fingerprint density at radius 2 is 1.62 bits per heavy atom. The Morgan fingerprint density at radius 3 is 2.21 bits per heavy atom. The smallest absolute Gasteiger partial charge is 0.176 e. The standard InChI is InChI=1S/C19H21FN2O2/c1-24-18-8-6-17(7-9-18)22-12-10-21(11-13-22)14-19(23)15-2-4-16(20)5-3-15/h2-9H,10-14H2,1H3. The van der Waals surface area contributed by atoms with E-state index in [0.717, 1.165) is 31.9 Å². The summed E-state index contributed by atoms with van der Waals surface area (Å²) in [7, 11) is 1.66. The first kappa shape index (κ1) is 16.5. The summed E-state index contributed by atoms with van der Waals surface area (Å²) in [5.41, 5.74) is 1.73. The molecule has 5 heteroatoms. The lowest BCUT2D eigenvalue weighted by molar-refractivity contribution is 0.0926. The number of ketones is 1. The number of methoxy groups -OCH3 is 1. The molecule has 0 atom stereocenters. The first-order valence-corrected chi connectivity index (χ1v) is 8.06. The number of carbonyl (C=O) groups is 1. The third-order valence-corrected chi connectivity index (χ3v) is 4.34. The van der Waals surface area contributed by atoms with Crippen LogP contribution in [0.2, 0.25) is 0 Å². The quantitative estimate of drug-likeness (QED) is 0.790. The van der Waals surface area contributed by atoms with Crippen LogP contribution in [0.4, 0.5) is 10.1 Å². The first-order chi connectivity index (χ1) is 11.7. The van der Waals surface area contributed by atoms with Crippen molar-refractivity contribution < 1.29 is 13.9 Å². The van der Waals surface area contributed by atoms with Gasteiger partial charge in [0.1, 0.15) is 11.6 Å². The van der Waals surface area contributed by atoms with E-state index in [1.807, 2.05) is 12.1 Å². The van der Waals surface area contributed by atoms with Gasteiger partial charge in [-0.15, -0.1) is 0 Å². The number of nitrogens with zero attached hydrogens (tertiary/aromatic N) is 2. The number of benzene rings is 2. The molecule has 0 aliphatic carbocycles. The molecule has 2 aromatic carbocycles. The highest BCUT2D eigenvalue weighted by Gasteiger charge is 2.19. The molecule has 1 aliphatic heterocycles. The van der Waals surface area contributed by atoms with Gasteiger partial charge in [0.05, 0.1) is 13.7 Å². The van der Waals surface area contributed by atoms with Crippen molar-refractivity contribution >= 4 is 11.5 Å². The Labute approximate surface area is 141 Å². The van der Waals surface area contributed by atoms with E-state index in [1.54, 1.807) is 19.2 Å². The zero-order chi connectivity index (χ0) is 16.9. The van der Waals surface area contributed by atoms with Gasteiger partial charge in [0.15, 0.2) is 5.78 Å². The van der Waals surface area contributed by atoms with Crippen molar-refractivity contribution in [2.75, 3.05) is 44.7 Å². The molecule has 0 unspecified atom stereocenters. The number of carbonyl (C=O) groups excluding carboxylic acids is 1. The van der Waals surface area contributed by atoms with Crippen LogP contribution in [-0.4, -0.2) is 50.5 Å². The predicted molar refractivity (Wildman–Crippen MR) is 92.4 cm³/mol. The third kappa shape index (κ3) is 3.92. The Bertz CT molecular complexity index is 678. The highest BCUT2D eigenvalue weighted by Crippen LogP contribution is 2.20. The molecular formula is C19H21FN2O2. The van der Waals surface area contributed by atoms with Gasteiger partial charge >= 0.3 is 0 Å². The highest BCUT2D eigenvalue weighted by atomic mass is 19.1. The number of piperazine rings is 1. The monoisotopic (exact) mass is 328 g/mol. The van der Waals surface area contributed by atoms with E-state index in [9.17, 15) is 9.18 Å². The van der Waals surface area contributed by atoms with Crippen LogP contribution in [0.5, 0.6) is 5.75 Å². The Morgan fingerprint density at radius 1 is 1.00 bits per heavy atom. The molecule has 1 fully saturated rings. The predicted octanol–water partition coefficient (Wildman–Crippen LogP) is 2.84. The maximum absolute atomic E-state index is 12.9. The van der Waals surface area contributed by atoms with E-state index in [4.69, 9.17) is 4.74 Å². The topological polar surface area (TPSA) is 32.8 Å². The molecule has 0 bridgehead atoms. The fourth-order valence-corrected chi connectivity index (χ4v) is 2.89. The molecular weight excluding hydrogens is 307 g/mol. The summed E-state index contributed by atoms with van der Waals surface area (Å²) in [4.78, 5) is 16.7. The van der Waals surface area contributed by atoms with E-state index < -0.39 is 0 Å². The fraction of sp³-hybridized carbons (Fsp3) is 0.316. The van der Waals surface area contributed by atoms with Crippen LogP contribution in [0.1, 0.15) is 10.4 Å². The van der Waals surface area contributed by atoms with Gasteiger partial charge in [-0.25, -0.2) is 4.39 Å². The molecule has 0 aromatic heterocycles. The molecule has 0 amide bonds. The van der Waals surface area contributed by atoms with Crippen molar-refractivity contribution in [2.45, 2.75) is 0 Å². The second-order valence-corrected chi connectivity index (χ2v) is 5.89. The maximum Gasteiger partial charge on any atom is 0.176 e. The summed E-state index contributed by atoms with van der Waals surface area (Å²) in [5.74, 6) is 0.565. The van der Waals surface area contributed by atoms with E-state index in [-0.39, 0.29) is 11.6 Å². The second-order valence-electron chi connectivity index (χ2n) is 5.89. The molecule has 0 radical (unpaired) electrons. The molecule has 3 rings (SSSR count). The summed E-state index contributed by atoms with van der Waals surface area (Å²) in [6.45, 7) is 3.80. The van der Waals surface area contributed by atoms with Gasteiger partial charge in [0.2, 0.25) is 0 Å². The number of Topliss-reactive ketones (excluding diaryl/α,β-unsaturated/α-hetero) is 1. The second kappa shape index (κ2) is 7.45. The Balaban J connectivity index is 1.52. The van der Waals surface area contributed by atoms with E-state index in [2.05, 4.69) is 21.9 Å². The number of hydrogen-bond acceptors (Lipinski definition) is 4. The van der Waals surface area contributed by atoms with Crippen molar-refractivity contribution in [3.05, 3.63) is 59.9 Å². The minimum absolute atomic E-state index is 0.0351. The zero-order valence-electron chi connectivity index (χ0n) is 13.7. The Hall–Kier alpha value is -2.40. The number of halogens is 1. The van der Waals surface area contributed by atoms with Gasteiger partial charge in [-0.1, -0.05) is 0 Å². The number of hydrogen-bond donors (Lipinski definition) is 0. The lowest BCUT2D eigenvalue weighted by Crippen LogP contribution is -2.48. The molecule has 126 valence electrons. The van der Waals surface area contributed by atoms with Crippen LogP contribution < -0.4 is 9.64 Å². The number of rotatable bonds is 5. The molecule has 24 heavy (non-hydrogen) atoms. The van der Waals surface area contributed by atoms with Crippen molar-refractivity contribution in [3.63, 3.8) is 0 Å². The average molecular weight is 328 g/mol. The molecule has 1 heterocycles. The minimum atomic E-state index is -0.320. The summed E-state index contributed by atoms with van der Waals surface area (Å²) in [6, 6.07) is 13.8. The lowest BCUT2D eigenvalue weighted by atomic mass is 10.1. The van der Waals surface area contributed by atoms with Gasteiger partial charge in [0, 0.05) is 37.4 Å². The number of anilines is 1. The van der Waals surface area contributed by atoms with Crippen LogP contribution >= 0.6 is 0 Å². The van der Waals surface area contributed by atoms with Crippen molar-refractivity contribution in [2.24, 2.45) is 0 Å². The number of ether oxygens (including phenoxy) is 1. The maximum atomic E-state index is 12.9. The van der Waals surface area contributed by atoms with Crippen molar-refractivity contribution in [1.82, 2.24) is 4.90 Å². The molecule has 2 aromatic rings. The summed E-state index contributed by atoms with van der Waals surface area (Å²) >= 11 is 0. The molecule has 0 N–H and O–H groups in total. The zero-order valence-corrected chi connectivity index (χ0v) is 13.7. The van der Waals surface area contributed by atoms with Crippen LogP contribution in [0.15, 0.2) is 48.5 Å². The molecule has 1 aliphatic rings. The summed E-state index contributed by atoms with van der Waals surface area (Å²) in [5, 5.41) is 0. The van der Waals surface area contributed by atoms with Crippen LogP contribution in [0.3, 0.4) is 0 Å². The van der Waals surface area contributed by atoms with E-state index in [1.165, 1.54) is 17.8 Å². The summed E-state index contributed by atoms with van der Waals surface area (Å²) < 4.78 is 18.1. The van der Waals surface area contributed by atoms with Crippen LogP contribution in [0, 0.1) is 5.82 Å². The molecule has 0 saturated carbocycles. The Kier molecular flexibility index (Phi) is 5.11. The third-order valence-electron chi connectivity index (χ3n) is 4.34. The van der Waals surface area contributed by atoms with Crippen molar-refractivity contribution in [1.29, 1.82) is 0 Å². The van der Waals surface area contributed by atoms with Crippen LogP contribution in [0.25, 0.3) is 0 Å². The molecule has 4 nitrogen and oxygen atoms in total. The molecule has 1 saturated heterocycles. The average Bonchev–Trinajstić information content (AvgIpc) is 2.63. The fourth-order valence-electron chi connectivity index (χ4n) is 2.89. The summed E-state index contributed by atoms with van der Waals surface area (Å²) in [6.07, 6.45) is 0. The van der Waals surface area contributed by atoms with Gasteiger partial charge in [-0.2, -0.15) is 0 Å². The minimum Gasteiger partial charge on any atom is -0.497 e. The van der Waals surface area contributed by atoms with Gasteiger partial charge in [-0.3, -0.25) is 9.69 Å². The van der Waals surface area contributed by atoms with Gasteiger partial charge in [-0.05, 0) is 48.5 Å². The normalized spacial score (nSPS) is 15.3. The SMILES string of the molecule is COc1ccc(N2CCN(CC(=O)c3ccc(F)cc3)CC2)cc1. The van der Waals surface area contributed by atoms with Crippen molar-refractivity contribution in [3.8, 4) is 5.75 Å². The van der Waals surface area contributed by atoms with E-state index in [0.29, 0.717) is 12.1 Å². The highest BCUT2D eigenvalue weighted by molar-refractivity contribution is 5.97. The first-order valence-electron chi connectivity index (χ1n) is 8.06. The van der Waals surface area contributed by atoms with Crippen LogP contribution in [-0.2, 0) is 0 Å². The lowest BCUT2D eigenvalue weighted by Gasteiger charge is -2.35. The molecule has 0 spiro atoms. The van der Waals surface area contributed by atoms with Gasteiger partial charge in [0.25, 0.3) is 0 Å². The van der Waals surface area contributed by atoms with Gasteiger partial charge < -0.3 is 9.64 Å². The largest absolute Gasteiger partial charge is 0.497 e.